The SMILES string of the molecule is CCOC1CC(O)(C(N)=O)C1. The van der Waals surface area contributed by atoms with Crippen molar-refractivity contribution >= 4 is 5.91 Å². The minimum atomic E-state index is -1.29. The lowest BCUT2D eigenvalue weighted by molar-refractivity contribution is -0.166. The molecular weight excluding hydrogens is 146 g/mol. The number of carbonyl (C=O) groups excluding carboxylic acids is 1. The molecule has 4 nitrogen and oxygen atoms in total. The molecule has 4 heteroatoms. The van der Waals surface area contributed by atoms with Crippen molar-refractivity contribution in [3.8, 4) is 0 Å². The molecule has 0 aromatic carbocycles. The first-order valence-electron chi connectivity index (χ1n) is 3.72. The number of carbonyl (C=O) groups is 1. The Labute approximate surface area is 65.3 Å². The van der Waals surface area contributed by atoms with E-state index < -0.39 is 11.5 Å². The summed E-state index contributed by atoms with van der Waals surface area (Å²) in [5.41, 5.74) is 3.65. The number of amides is 1. The van der Waals surface area contributed by atoms with Crippen molar-refractivity contribution in [1.82, 2.24) is 0 Å². The van der Waals surface area contributed by atoms with Gasteiger partial charge >= 0.3 is 0 Å². The first-order chi connectivity index (χ1) is 5.08. The minimum absolute atomic E-state index is 0.0116. The molecule has 0 saturated heterocycles. The van der Waals surface area contributed by atoms with Gasteiger partial charge in [-0.1, -0.05) is 0 Å². The third-order valence-corrected chi connectivity index (χ3v) is 1.99. The van der Waals surface area contributed by atoms with E-state index in [1.807, 2.05) is 6.92 Å². The van der Waals surface area contributed by atoms with E-state index in [1.54, 1.807) is 0 Å². The van der Waals surface area contributed by atoms with Crippen molar-refractivity contribution in [2.45, 2.75) is 31.5 Å². The Bertz CT molecular complexity index is 163. The van der Waals surface area contributed by atoms with E-state index in [0.29, 0.717) is 19.4 Å². The van der Waals surface area contributed by atoms with Gasteiger partial charge in [-0.25, -0.2) is 0 Å². The van der Waals surface area contributed by atoms with Crippen molar-refractivity contribution in [3.63, 3.8) is 0 Å². The maximum atomic E-state index is 10.6. The molecule has 1 aliphatic rings. The zero-order chi connectivity index (χ0) is 8.48. The van der Waals surface area contributed by atoms with E-state index in [2.05, 4.69) is 0 Å². The zero-order valence-corrected chi connectivity index (χ0v) is 6.54. The van der Waals surface area contributed by atoms with Crippen LogP contribution < -0.4 is 5.73 Å². The van der Waals surface area contributed by atoms with Crippen LogP contribution in [-0.4, -0.2) is 29.3 Å². The summed E-state index contributed by atoms with van der Waals surface area (Å²) in [5, 5.41) is 9.33. The van der Waals surface area contributed by atoms with Crippen molar-refractivity contribution in [3.05, 3.63) is 0 Å². The Balaban J connectivity index is 2.32. The molecule has 0 aromatic rings. The molecule has 11 heavy (non-hydrogen) atoms. The number of rotatable bonds is 3. The maximum absolute atomic E-state index is 10.6. The highest BCUT2D eigenvalue weighted by molar-refractivity contribution is 5.84. The van der Waals surface area contributed by atoms with Crippen LogP contribution >= 0.6 is 0 Å². The lowest BCUT2D eigenvalue weighted by Gasteiger charge is -2.40. The molecule has 3 N–H and O–H groups in total. The molecule has 0 aliphatic heterocycles. The van der Waals surface area contributed by atoms with E-state index in [0.717, 1.165) is 0 Å². The summed E-state index contributed by atoms with van der Waals surface area (Å²) in [6.07, 6.45) is 0.698. The smallest absolute Gasteiger partial charge is 0.249 e. The van der Waals surface area contributed by atoms with Crippen LogP contribution in [0.4, 0.5) is 0 Å². The van der Waals surface area contributed by atoms with Gasteiger partial charge in [-0.15, -0.1) is 0 Å². The highest BCUT2D eigenvalue weighted by atomic mass is 16.5. The van der Waals surface area contributed by atoms with Gasteiger partial charge in [0.15, 0.2) is 0 Å². The van der Waals surface area contributed by atoms with Crippen molar-refractivity contribution in [1.29, 1.82) is 0 Å². The summed E-state index contributed by atoms with van der Waals surface area (Å²) < 4.78 is 5.16. The van der Waals surface area contributed by atoms with Gasteiger partial charge in [-0.05, 0) is 6.92 Å². The predicted molar refractivity (Wildman–Crippen MR) is 38.8 cm³/mol. The molecule has 1 saturated carbocycles. The molecule has 0 radical (unpaired) electrons. The Morgan fingerprint density at radius 1 is 1.82 bits per heavy atom. The minimum Gasteiger partial charge on any atom is -0.380 e. The van der Waals surface area contributed by atoms with E-state index in [9.17, 15) is 9.90 Å². The summed E-state index contributed by atoms with van der Waals surface area (Å²) >= 11 is 0. The van der Waals surface area contributed by atoms with Gasteiger partial charge in [0.05, 0.1) is 6.10 Å². The molecule has 0 atom stereocenters. The molecule has 1 aliphatic carbocycles. The van der Waals surface area contributed by atoms with Gasteiger partial charge < -0.3 is 15.6 Å². The lowest BCUT2D eigenvalue weighted by Crippen LogP contribution is -2.56. The van der Waals surface area contributed by atoms with Crippen LogP contribution in [0.1, 0.15) is 19.8 Å². The summed E-state index contributed by atoms with van der Waals surface area (Å²) in [6, 6.07) is 0. The third kappa shape index (κ3) is 1.52. The van der Waals surface area contributed by atoms with E-state index >= 15 is 0 Å². The molecule has 0 heterocycles. The second kappa shape index (κ2) is 2.79. The van der Waals surface area contributed by atoms with Gasteiger partial charge in [0.1, 0.15) is 5.60 Å². The first-order valence-corrected chi connectivity index (χ1v) is 3.72. The first kappa shape index (κ1) is 8.49. The predicted octanol–water partition coefficient (Wildman–Crippen LogP) is -0.598. The van der Waals surface area contributed by atoms with Gasteiger partial charge in [-0.2, -0.15) is 0 Å². The van der Waals surface area contributed by atoms with Crippen LogP contribution in [0.15, 0.2) is 0 Å². The summed E-state index contributed by atoms with van der Waals surface area (Å²) in [4.78, 5) is 10.6. The van der Waals surface area contributed by atoms with Crippen molar-refractivity contribution in [2.24, 2.45) is 5.73 Å². The summed E-state index contributed by atoms with van der Waals surface area (Å²) in [7, 11) is 0. The van der Waals surface area contributed by atoms with E-state index in [-0.39, 0.29) is 6.10 Å². The van der Waals surface area contributed by atoms with Gasteiger partial charge in [0.25, 0.3) is 0 Å². The molecule has 0 bridgehead atoms. The molecule has 1 fully saturated rings. The lowest BCUT2D eigenvalue weighted by atomic mass is 9.77. The Kier molecular flexibility index (Phi) is 2.15. The van der Waals surface area contributed by atoms with Crippen LogP contribution in [0.5, 0.6) is 0 Å². The van der Waals surface area contributed by atoms with Gasteiger partial charge in [-0.3, -0.25) is 4.79 Å². The fourth-order valence-corrected chi connectivity index (χ4v) is 1.25. The van der Waals surface area contributed by atoms with E-state index in [4.69, 9.17) is 10.5 Å². The monoisotopic (exact) mass is 159 g/mol. The summed E-state index contributed by atoms with van der Waals surface area (Å²) in [6.45, 7) is 2.49. The van der Waals surface area contributed by atoms with Crippen LogP contribution in [0.3, 0.4) is 0 Å². The fourth-order valence-electron chi connectivity index (χ4n) is 1.25. The number of primary amides is 1. The standard InChI is InChI=1S/C7H13NO3/c1-2-11-5-3-7(10,4-5)6(8)9/h5,10H,2-4H2,1H3,(H2,8,9). The van der Waals surface area contributed by atoms with Crippen LogP contribution in [0.2, 0.25) is 0 Å². The Hall–Kier alpha value is -0.610. The topological polar surface area (TPSA) is 72.6 Å². The van der Waals surface area contributed by atoms with Crippen molar-refractivity contribution < 1.29 is 14.6 Å². The molecule has 1 rings (SSSR count). The molecule has 0 spiro atoms. The second-order valence-corrected chi connectivity index (χ2v) is 2.88. The quantitative estimate of drug-likeness (QED) is 0.577. The highest BCUT2D eigenvalue weighted by Crippen LogP contribution is 2.33. The fraction of sp³-hybridized carbons (Fsp3) is 0.857. The molecule has 64 valence electrons. The normalized spacial score (nSPS) is 36.4. The van der Waals surface area contributed by atoms with Gasteiger partial charge in [0, 0.05) is 19.4 Å². The largest absolute Gasteiger partial charge is 0.380 e. The van der Waals surface area contributed by atoms with Gasteiger partial charge in [0.2, 0.25) is 5.91 Å². The number of ether oxygens (including phenoxy) is 1. The number of hydrogen-bond donors (Lipinski definition) is 2. The van der Waals surface area contributed by atoms with Crippen LogP contribution in [0, 0.1) is 0 Å². The molecular formula is C7H13NO3. The Morgan fingerprint density at radius 3 is 2.73 bits per heavy atom. The van der Waals surface area contributed by atoms with Crippen LogP contribution in [0.25, 0.3) is 0 Å². The third-order valence-electron chi connectivity index (χ3n) is 1.99. The maximum Gasteiger partial charge on any atom is 0.249 e. The van der Waals surface area contributed by atoms with E-state index in [1.165, 1.54) is 0 Å². The number of aliphatic hydroxyl groups is 1. The Morgan fingerprint density at radius 2 is 2.36 bits per heavy atom. The molecule has 0 aromatic heterocycles. The summed E-state index contributed by atoms with van der Waals surface area (Å²) in [5.74, 6) is -0.645. The molecule has 0 unspecified atom stereocenters. The van der Waals surface area contributed by atoms with Crippen molar-refractivity contribution in [2.75, 3.05) is 6.61 Å². The van der Waals surface area contributed by atoms with Crippen LogP contribution in [-0.2, 0) is 9.53 Å². The average molecular weight is 159 g/mol. The number of nitrogens with two attached hydrogens (primary N) is 1. The zero-order valence-electron chi connectivity index (χ0n) is 6.54. The second-order valence-electron chi connectivity index (χ2n) is 2.88. The average Bonchev–Trinajstić information content (AvgIpc) is 1.84. The number of hydrogen-bond acceptors (Lipinski definition) is 3. The molecule has 1 amide bonds. The highest BCUT2D eigenvalue weighted by Gasteiger charge is 2.47.